The van der Waals surface area contributed by atoms with E-state index in [-0.39, 0.29) is 0 Å². The third-order valence-corrected chi connectivity index (χ3v) is 9.41. The third kappa shape index (κ3) is 4.07. The topological polar surface area (TPSA) is 57.4 Å². The predicted molar refractivity (Wildman–Crippen MR) is 195 cm³/mol. The molecule has 9 aromatic rings. The van der Waals surface area contributed by atoms with Crippen molar-refractivity contribution in [1.29, 1.82) is 10.5 Å². The van der Waals surface area contributed by atoms with Crippen molar-refractivity contribution >= 4 is 43.6 Å². The minimum Gasteiger partial charge on any atom is -0.309 e. The Kier molecular flexibility index (Phi) is 6.22. The highest BCUT2D eigenvalue weighted by molar-refractivity contribution is 6.11. The van der Waals surface area contributed by atoms with E-state index in [4.69, 9.17) is 0 Å². The predicted octanol–water partition coefficient (Wildman–Crippen LogP) is 11.0. The molecule has 0 saturated carbocycles. The Bertz CT molecular complexity index is 2760. The summed E-state index contributed by atoms with van der Waals surface area (Å²) in [6.07, 6.45) is 0. The van der Waals surface area contributed by atoms with Gasteiger partial charge in [0.25, 0.3) is 0 Å². The summed E-state index contributed by atoms with van der Waals surface area (Å²) in [5.74, 6) is 0. The molecule has 0 aliphatic rings. The maximum atomic E-state index is 10.4. The molecule has 0 spiro atoms. The number of aromatic nitrogens is 2. The minimum absolute atomic E-state index is 0.612. The molecule has 0 aliphatic heterocycles. The van der Waals surface area contributed by atoms with E-state index in [0.29, 0.717) is 11.1 Å². The molecule has 4 heteroatoms. The lowest BCUT2D eigenvalue weighted by Gasteiger charge is -2.16. The van der Waals surface area contributed by atoms with Gasteiger partial charge >= 0.3 is 0 Å². The molecule has 0 atom stereocenters. The number of hydrogen-bond acceptors (Lipinski definition) is 2. The van der Waals surface area contributed by atoms with Crippen molar-refractivity contribution < 1.29 is 0 Å². The molecule has 0 saturated heterocycles. The number of nitriles is 2. The summed E-state index contributed by atoms with van der Waals surface area (Å²) in [6.45, 7) is 0. The lowest BCUT2D eigenvalue weighted by Crippen LogP contribution is -1.99. The van der Waals surface area contributed by atoms with Gasteiger partial charge in [-0.05, 0) is 65.2 Å². The van der Waals surface area contributed by atoms with Crippen LogP contribution in [-0.4, -0.2) is 9.13 Å². The van der Waals surface area contributed by atoms with Crippen molar-refractivity contribution in [3.05, 3.63) is 169 Å². The number of fused-ring (bicyclic) bond motifs is 6. The van der Waals surface area contributed by atoms with Gasteiger partial charge in [0, 0.05) is 32.8 Å². The summed E-state index contributed by atoms with van der Waals surface area (Å²) in [5, 5.41) is 25.1. The van der Waals surface area contributed by atoms with Crippen molar-refractivity contribution in [2.75, 3.05) is 0 Å². The van der Waals surface area contributed by atoms with Gasteiger partial charge in [0.1, 0.15) is 6.07 Å². The van der Waals surface area contributed by atoms with E-state index < -0.39 is 0 Å². The Labute approximate surface area is 277 Å². The largest absolute Gasteiger partial charge is 0.309 e. The molecule has 0 fully saturated rings. The Balaban J connectivity index is 1.21. The molecule has 4 nitrogen and oxygen atoms in total. The zero-order chi connectivity index (χ0) is 32.2. The van der Waals surface area contributed by atoms with Gasteiger partial charge in [-0.2, -0.15) is 10.5 Å². The first-order chi connectivity index (χ1) is 23.7. The molecule has 0 radical (unpaired) electrons. The summed E-state index contributed by atoms with van der Waals surface area (Å²) >= 11 is 0. The number of benzene rings is 7. The molecule has 0 amide bonds. The number of nitrogens with zero attached hydrogens (tertiary/aromatic N) is 4. The van der Waals surface area contributed by atoms with Gasteiger partial charge in [0.2, 0.25) is 0 Å². The first kappa shape index (κ1) is 27.4. The van der Waals surface area contributed by atoms with Crippen LogP contribution in [0.5, 0.6) is 0 Å². The summed E-state index contributed by atoms with van der Waals surface area (Å²) < 4.78 is 4.45. The second-order valence-corrected chi connectivity index (χ2v) is 12.0. The van der Waals surface area contributed by atoms with E-state index in [2.05, 4.69) is 137 Å². The van der Waals surface area contributed by atoms with E-state index >= 15 is 0 Å². The standard InChI is InChI=1S/C44H26N4/c45-27-31-13-10-18-39-38-17-4-8-22-43(38)48(44(31)39)40-19-5-1-14-35(40)30-12-9-11-29(25-30)34-24-23-33(26-32(34)28-46)47-41-20-6-2-15-36(41)37-16-3-7-21-42(37)47/h1-26H. The highest BCUT2D eigenvalue weighted by atomic mass is 15.0. The monoisotopic (exact) mass is 610 g/mol. The van der Waals surface area contributed by atoms with Crippen LogP contribution in [0.1, 0.15) is 11.1 Å². The highest BCUT2D eigenvalue weighted by Gasteiger charge is 2.19. The summed E-state index contributed by atoms with van der Waals surface area (Å²) in [4.78, 5) is 0. The van der Waals surface area contributed by atoms with E-state index in [1.807, 2.05) is 42.5 Å². The summed E-state index contributed by atoms with van der Waals surface area (Å²) in [5.41, 5.74) is 11.3. The van der Waals surface area contributed by atoms with E-state index in [1.165, 1.54) is 10.8 Å². The second-order valence-electron chi connectivity index (χ2n) is 12.0. The van der Waals surface area contributed by atoms with Gasteiger partial charge in [-0.15, -0.1) is 0 Å². The first-order valence-corrected chi connectivity index (χ1v) is 15.9. The number of para-hydroxylation sites is 5. The smallest absolute Gasteiger partial charge is 0.101 e. The highest BCUT2D eigenvalue weighted by Crippen LogP contribution is 2.39. The van der Waals surface area contributed by atoms with Gasteiger partial charge in [-0.3, -0.25) is 0 Å². The zero-order valence-electron chi connectivity index (χ0n) is 25.8. The van der Waals surface area contributed by atoms with Crippen molar-refractivity contribution in [3.63, 3.8) is 0 Å². The van der Waals surface area contributed by atoms with Gasteiger partial charge in [-0.1, -0.05) is 109 Å². The molecule has 2 aromatic heterocycles. The second kappa shape index (κ2) is 10.9. The van der Waals surface area contributed by atoms with Crippen LogP contribution in [0.3, 0.4) is 0 Å². The van der Waals surface area contributed by atoms with Crippen molar-refractivity contribution in [2.24, 2.45) is 0 Å². The lowest BCUT2D eigenvalue weighted by atomic mass is 9.95. The molecule has 48 heavy (non-hydrogen) atoms. The van der Waals surface area contributed by atoms with E-state index in [9.17, 15) is 10.5 Å². The molecule has 0 N–H and O–H groups in total. The average Bonchev–Trinajstić information content (AvgIpc) is 3.68. The van der Waals surface area contributed by atoms with Gasteiger partial charge in [0.05, 0.1) is 45.0 Å². The van der Waals surface area contributed by atoms with E-state index in [1.54, 1.807) is 0 Å². The van der Waals surface area contributed by atoms with Crippen LogP contribution in [0.25, 0.3) is 77.2 Å². The van der Waals surface area contributed by atoms with Crippen LogP contribution in [0.15, 0.2) is 158 Å². The van der Waals surface area contributed by atoms with Crippen molar-refractivity contribution in [3.8, 4) is 45.8 Å². The molecular weight excluding hydrogens is 585 g/mol. The van der Waals surface area contributed by atoms with Crippen LogP contribution in [0, 0.1) is 22.7 Å². The Morgan fingerprint density at radius 3 is 1.62 bits per heavy atom. The van der Waals surface area contributed by atoms with Crippen LogP contribution in [0.2, 0.25) is 0 Å². The molecule has 2 heterocycles. The normalized spacial score (nSPS) is 11.3. The number of rotatable bonds is 4. The molecular formula is C44H26N4. The molecule has 222 valence electrons. The summed E-state index contributed by atoms with van der Waals surface area (Å²) in [6, 6.07) is 58.8. The maximum Gasteiger partial charge on any atom is 0.101 e. The fourth-order valence-corrected chi connectivity index (χ4v) is 7.34. The van der Waals surface area contributed by atoms with Crippen LogP contribution in [0.4, 0.5) is 0 Å². The van der Waals surface area contributed by atoms with Gasteiger partial charge in [-0.25, -0.2) is 0 Å². The summed E-state index contributed by atoms with van der Waals surface area (Å²) in [7, 11) is 0. The molecule has 9 rings (SSSR count). The average molecular weight is 611 g/mol. The molecule has 0 bridgehead atoms. The van der Waals surface area contributed by atoms with Crippen molar-refractivity contribution in [2.45, 2.75) is 0 Å². The van der Waals surface area contributed by atoms with Crippen LogP contribution >= 0.6 is 0 Å². The number of hydrogen-bond donors (Lipinski definition) is 0. The molecule has 7 aromatic carbocycles. The fraction of sp³-hybridized carbons (Fsp3) is 0. The van der Waals surface area contributed by atoms with Crippen LogP contribution < -0.4 is 0 Å². The SMILES string of the molecule is N#Cc1cc(-n2c3ccccc3c3ccccc32)ccc1-c1cccc(-c2ccccc2-n2c3ccccc3c3cccc(C#N)c32)c1. The third-order valence-electron chi connectivity index (χ3n) is 9.41. The van der Waals surface area contributed by atoms with Gasteiger partial charge < -0.3 is 9.13 Å². The van der Waals surface area contributed by atoms with Crippen molar-refractivity contribution in [1.82, 2.24) is 9.13 Å². The molecule has 0 aliphatic carbocycles. The van der Waals surface area contributed by atoms with Crippen LogP contribution in [-0.2, 0) is 0 Å². The maximum absolute atomic E-state index is 10.4. The fourth-order valence-electron chi connectivity index (χ4n) is 7.34. The van der Waals surface area contributed by atoms with E-state index in [0.717, 1.165) is 66.5 Å². The quantitative estimate of drug-likeness (QED) is 0.199. The Hall–Kier alpha value is -6.88. The van der Waals surface area contributed by atoms with Gasteiger partial charge in [0.15, 0.2) is 0 Å². The first-order valence-electron chi connectivity index (χ1n) is 15.9. The zero-order valence-corrected chi connectivity index (χ0v) is 25.8. The lowest BCUT2D eigenvalue weighted by molar-refractivity contribution is 1.18. The Morgan fingerprint density at radius 1 is 0.396 bits per heavy atom. The molecule has 0 unspecified atom stereocenters. The Morgan fingerprint density at radius 2 is 0.938 bits per heavy atom. The minimum atomic E-state index is 0.612.